The van der Waals surface area contributed by atoms with E-state index < -0.39 is 0 Å². The van der Waals surface area contributed by atoms with Crippen molar-refractivity contribution >= 4 is 22.3 Å². The van der Waals surface area contributed by atoms with Crippen molar-refractivity contribution in [3.05, 3.63) is 40.1 Å². The number of aryl methyl sites for hydroxylation is 1. The van der Waals surface area contributed by atoms with Gasteiger partial charge >= 0.3 is 0 Å². The Hall–Kier alpha value is -2.25. The van der Waals surface area contributed by atoms with Crippen LogP contribution in [0.1, 0.15) is 5.69 Å². The van der Waals surface area contributed by atoms with E-state index in [2.05, 4.69) is 21.8 Å². The highest BCUT2D eigenvalue weighted by molar-refractivity contribution is 5.93. The van der Waals surface area contributed by atoms with Crippen molar-refractivity contribution in [2.24, 2.45) is 0 Å². The van der Waals surface area contributed by atoms with Gasteiger partial charge < -0.3 is 9.64 Å². The minimum atomic E-state index is -0.357. The van der Waals surface area contributed by atoms with E-state index in [4.69, 9.17) is 4.74 Å². The van der Waals surface area contributed by atoms with Crippen molar-refractivity contribution in [2.45, 2.75) is 19.1 Å². The van der Waals surface area contributed by atoms with E-state index in [0.717, 1.165) is 48.5 Å². The van der Waals surface area contributed by atoms with Crippen molar-refractivity contribution in [2.75, 3.05) is 38.2 Å². The van der Waals surface area contributed by atoms with Gasteiger partial charge in [-0.05, 0) is 26.1 Å². The number of fused-ring (bicyclic) bond motifs is 2. The number of likely N-dealkylation sites (N-methyl/N-ethyl adjacent to an activating group) is 1. The van der Waals surface area contributed by atoms with Crippen LogP contribution in [0, 0.1) is 17.0 Å². The molecule has 0 N–H and O–H groups in total. The van der Waals surface area contributed by atoms with Gasteiger partial charge in [0.15, 0.2) is 0 Å². The fourth-order valence-corrected chi connectivity index (χ4v) is 3.75. The fourth-order valence-electron chi connectivity index (χ4n) is 3.75. The molecule has 0 amide bonds. The number of rotatable bonds is 2. The summed E-state index contributed by atoms with van der Waals surface area (Å²) in [7, 11) is 2.13. The monoisotopic (exact) mass is 328 g/mol. The smallest absolute Gasteiger partial charge is 0.270 e. The molecule has 2 atom stereocenters. The normalized spacial score (nSPS) is 24.3. The van der Waals surface area contributed by atoms with Crippen molar-refractivity contribution in [3.8, 4) is 0 Å². The molecule has 3 heterocycles. The van der Waals surface area contributed by atoms with E-state index >= 15 is 0 Å². The number of ether oxygens (including phenoxy) is 1. The molecule has 0 bridgehead atoms. The molecule has 0 radical (unpaired) electrons. The van der Waals surface area contributed by atoms with E-state index in [1.165, 1.54) is 6.07 Å². The summed E-state index contributed by atoms with van der Waals surface area (Å²) in [5.74, 6) is 0. The Balaban J connectivity index is 1.78. The lowest BCUT2D eigenvalue weighted by Gasteiger charge is -2.33. The second kappa shape index (κ2) is 5.68. The maximum Gasteiger partial charge on any atom is 0.270 e. The predicted octanol–water partition coefficient (Wildman–Crippen LogP) is 1.97. The van der Waals surface area contributed by atoms with E-state index in [0.29, 0.717) is 6.04 Å². The van der Waals surface area contributed by atoms with Gasteiger partial charge in [-0.3, -0.25) is 20.0 Å². The second-order valence-corrected chi connectivity index (χ2v) is 6.60. The minimum Gasteiger partial charge on any atom is -0.373 e. The van der Waals surface area contributed by atoms with E-state index in [9.17, 15) is 10.1 Å². The van der Waals surface area contributed by atoms with Crippen LogP contribution in [0.5, 0.6) is 0 Å². The second-order valence-electron chi connectivity index (χ2n) is 6.60. The Bertz CT molecular complexity index is 810. The number of non-ortho nitro benzene ring substituents is 1. The van der Waals surface area contributed by atoms with Crippen LogP contribution in [0.4, 0.5) is 11.4 Å². The van der Waals surface area contributed by atoms with Crippen LogP contribution in [-0.4, -0.2) is 60.2 Å². The quantitative estimate of drug-likeness (QED) is 0.620. The number of aromatic nitrogens is 1. The highest BCUT2D eigenvalue weighted by Crippen LogP contribution is 2.34. The Morgan fingerprint density at radius 3 is 2.92 bits per heavy atom. The Morgan fingerprint density at radius 2 is 2.17 bits per heavy atom. The molecule has 2 aliphatic rings. The first-order chi connectivity index (χ1) is 11.5. The van der Waals surface area contributed by atoms with Gasteiger partial charge in [-0.1, -0.05) is 0 Å². The molecule has 2 aromatic rings. The third kappa shape index (κ3) is 2.50. The molecule has 4 rings (SSSR count). The summed E-state index contributed by atoms with van der Waals surface area (Å²) in [5, 5.41) is 12.0. The molecule has 1 aromatic heterocycles. The first-order valence-corrected chi connectivity index (χ1v) is 8.15. The van der Waals surface area contributed by atoms with Gasteiger partial charge in [0.1, 0.15) is 0 Å². The van der Waals surface area contributed by atoms with Gasteiger partial charge in [-0.25, -0.2) is 0 Å². The lowest BCUT2D eigenvalue weighted by Crippen LogP contribution is -2.48. The average Bonchev–Trinajstić information content (AvgIpc) is 2.99. The zero-order chi connectivity index (χ0) is 16.8. The highest BCUT2D eigenvalue weighted by Gasteiger charge is 2.39. The molecule has 2 saturated heterocycles. The molecule has 0 saturated carbocycles. The predicted molar refractivity (Wildman–Crippen MR) is 91.5 cm³/mol. The number of benzene rings is 1. The number of pyridine rings is 1. The lowest BCUT2D eigenvalue weighted by atomic mass is 10.1. The standard InChI is InChI=1S/C17H20N4O3/c1-11-7-15(13-8-12(21(22)23)3-4-14(13)18-11)20-9-16-17(10-20)24-6-5-19(16)2/h3-4,7-8,16-17H,5-6,9-10H2,1-2H3/t16-,17-/m1/s1. The number of nitrogens with zero attached hydrogens (tertiary/aromatic N) is 4. The van der Waals surface area contributed by atoms with Crippen LogP contribution < -0.4 is 4.90 Å². The fraction of sp³-hybridized carbons (Fsp3) is 0.471. The summed E-state index contributed by atoms with van der Waals surface area (Å²) >= 11 is 0. The Morgan fingerprint density at radius 1 is 1.33 bits per heavy atom. The SMILES string of the molecule is Cc1cc(N2C[C@@H]3[C@@H](C2)OCCN3C)c2cc([N+](=O)[O-])ccc2n1. The summed E-state index contributed by atoms with van der Waals surface area (Å²) in [6.07, 6.45) is 0.186. The van der Waals surface area contributed by atoms with Gasteiger partial charge in [0, 0.05) is 48.5 Å². The average molecular weight is 328 g/mol. The third-order valence-corrected chi connectivity index (χ3v) is 5.03. The Kier molecular flexibility index (Phi) is 3.62. The third-order valence-electron chi connectivity index (χ3n) is 5.03. The molecule has 0 unspecified atom stereocenters. The molecule has 0 spiro atoms. The largest absolute Gasteiger partial charge is 0.373 e. The highest BCUT2D eigenvalue weighted by atomic mass is 16.6. The topological polar surface area (TPSA) is 71.7 Å². The summed E-state index contributed by atoms with van der Waals surface area (Å²) in [6, 6.07) is 7.25. The van der Waals surface area contributed by atoms with Gasteiger partial charge in [0.05, 0.1) is 29.2 Å². The van der Waals surface area contributed by atoms with Crippen LogP contribution in [0.2, 0.25) is 0 Å². The number of hydrogen-bond acceptors (Lipinski definition) is 6. The molecular formula is C17H20N4O3. The van der Waals surface area contributed by atoms with Crippen LogP contribution in [0.25, 0.3) is 10.9 Å². The van der Waals surface area contributed by atoms with Crippen LogP contribution in [0.3, 0.4) is 0 Å². The van der Waals surface area contributed by atoms with E-state index in [1.807, 2.05) is 13.0 Å². The van der Waals surface area contributed by atoms with Gasteiger partial charge in [-0.2, -0.15) is 0 Å². The number of nitro benzene ring substituents is 1. The van der Waals surface area contributed by atoms with E-state index in [-0.39, 0.29) is 16.7 Å². The number of morpholine rings is 1. The molecule has 2 aliphatic heterocycles. The van der Waals surface area contributed by atoms with E-state index in [1.54, 1.807) is 12.1 Å². The molecule has 2 fully saturated rings. The summed E-state index contributed by atoms with van der Waals surface area (Å²) in [5.41, 5.74) is 2.81. The van der Waals surface area contributed by atoms with Crippen molar-refractivity contribution in [1.82, 2.24) is 9.88 Å². The lowest BCUT2D eigenvalue weighted by molar-refractivity contribution is -0.384. The maximum atomic E-state index is 11.1. The first kappa shape index (κ1) is 15.3. The molecule has 1 aromatic carbocycles. The van der Waals surface area contributed by atoms with Crippen LogP contribution >= 0.6 is 0 Å². The number of nitro groups is 1. The zero-order valence-corrected chi connectivity index (χ0v) is 13.8. The van der Waals surface area contributed by atoms with Gasteiger partial charge in [0.25, 0.3) is 5.69 Å². The molecular weight excluding hydrogens is 308 g/mol. The Labute approximate surface area is 140 Å². The molecule has 24 heavy (non-hydrogen) atoms. The summed E-state index contributed by atoms with van der Waals surface area (Å²) in [4.78, 5) is 19.9. The number of anilines is 1. The van der Waals surface area contributed by atoms with Crippen molar-refractivity contribution in [3.63, 3.8) is 0 Å². The van der Waals surface area contributed by atoms with Gasteiger partial charge in [-0.15, -0.1) is 0 Å². The minimum absolute atomic E-state index is 0.0967. The van der Waals surface area contributed by atoms with Crippen molar-refractivity contribution in [1.29, 1.82) is 0 Å². The summed E-state index contributed by atoms with van der Waals surface area (Å²) < 4.78 is 5.92. The van der Waals surface area contributed by atoms with Crippen LogP contribution in [-0.2, 0) is 4.74 Å². The molecule has 7 heteroatoms. The van der Waals surface area contributed by atoms with Crippen LogP contribution in [0.15, 0.2) is 24.3 Å². The molecule has 7 nitrogen and oxygen atoms in total. The number of hydrogen-bond donors (Lipinski definition) is 0. The molecule has 0 aliphatic carbocycles. The van der Waals surface area contributed by atoms with Crippen molar-refractivity contribution < 1.29 is 9.66 Å². The zero-order valence-electron chi connectivity index (χ0n) is 13.8. The maximum absolute atomic E-state index is 11.1. The summed E-state index contributed by atoms with van der Waals surface area (Å²) in [6.45, 7) is 5.32. The molecule has 126 valence electrons. The van der Waals surface area contributed by atoms with Gasteiger partial charge in [0.2, 0.25) is 0 Å². The first-order valence-electron chi connectivity index (χ1n) is 8.15.